The smallest absolute Gasteiger partial charge is 0.409 e. The molecule has 1 aliphatic carbocycles. The van der Waals surface area contributed by atoms with Crippen molar-refractivity contribution in [2.45, 2.75) is 57.4 Å². The number of amides is 1. The monoisotopic (exact) mass is 317 g/mol. The van der Waals surface area contributed by atoms with Gasteiger partial charge in [0, 0.05) is 24.4 Å². The summed E-state index contributed by atoms with van der Waals surface area (Å²) in [6, 6.07) is 8.19. The van der Waals surface area contributed by atoms with Gasteiger partial charge in [-0.3, -0.25) is 0 Å². The SMILES string of the molecule is CN(C(=O)OCC1(CC=O)CCCc2ccccc21)C(C)(C)C. The van der Waals surface area contributed by atoms with E-state index in [-0.39, 0.29) is 23.7 Å². The van der Waals surface area contributed by atoms with Crippen LogP contribution >= 0.6 is 0 Å². The molecule has 1 aromatic carbocycles. The lowest BCUT2D eigenvalue weighted by atomic mass is 9.69. The normalized spacial score (nSPS) is 20.5. The van der Waals surface area contributed by atoms with Crippen molar-refractivity contribution >= 4 is 12.4 Å². The average molecular weight is 317 g/mol. The highest BCUT2D eigenvalue weighted by molar-refractivity contribution is 5.68. The van der Waals surface area contributed by atoms with Gasteiger partial charge in [0.25, 0.3) is 0 Å². The highest BCUT2D eigenvalue weighted by Crippen LogP contribution is 2.40. The molecular weight excluding hydrogens is 290 g/mol. The molecule has 0 aliphatic heterocycles. The molecule has 2 rings (SSSR count). The van der Waals surface area contributed by atoms with Crippen LogP contribution in [0.5, 0.6) is 0 Å². The van der Waals surface area contributed by atoms with E-state index in [2.05, 4.69) is 12.1 Å². The van der Waals surface area contributed by atoms with Gasteiger partial charge < -0.3 is 14.4 Å². The van der Waals surface area contributed by atoms with Gasteiger partial charge in [0.1, 0.15) is 12.9 Å². The van der Waals surface area contributed by atoms with Crippen LogP contribution in [0.4, 0.5) is 4.79 Å². The first-order chi connectivity index (χ1) is 10.8. The predicted molar refractivity (Wildman–Crippen MR) is 90.6 cm³/mol. The molecule has 4 nitrogen and oxygen atoms in total. The maximum Gasteiger partial charge on any atom is 0.409 e. The number of fused-ring (bicyclic) bond motifs is 1. The van der Waals surface area contributed by atoms with E-state index in [1.54, 1.807) is 11.9 Å². The Bertz CT molecular complexity index is 576. The van der Waals surface area contributed by atoms with Crippen molar-refractivity contribution in [2.24, 2.45) is 0 Å². The molecule has 1 amide bonds. The fourth-order valence-electron chi connectivity index (χ4n) is 3.16. The minimum atomic E-state index is -0.384. The lowest BCUT2D eigenvalue weighted by molar-refractivity contribution is -0.109. The standard InChI is InChI=1S/C19H27NO3/c1-18(2,3)20(4)17(22)23-14-19(12-13-21)11-7-9-15-8-5-6-10-16(15)19/h5-6,8,10,13H,7,9,11-12,14H2,1-4H3. The molecule has 1 unspecified atom stereocenters. The Morgan fingerprint density at radius 1 is 1.35 bits per heavy atom. The van der Waals surface area contributed by atoms with Gasteiger partial charge in [-0.25, -0.2) is 4.79 Å². The van der Waals surface area contributed by atoms with Crippen molar-refractivity contribution in [3.05, 3.63) is 35.4 Å². The van der Waals surface area contributed by atoms with E-state index in [1.807, 2.05) is 32.9 Å². The second-order valence-corrected chi connectivity index (χ2v) is 7.45. The number of hydrogen-bond donors (Lipinski definition) is 0. The summed E-state index contributed by atoms with van der Waals surface area (Å²) in [6.07, 6.45) is 3.89. The third-order valence-corrected chi connectivity index (χ3v) is 4.92. The fraction of sp³-hybridized carbons (Fsp3) is 0.579. The number of hydrogen-bond acceptors (Lipinski definition) is 3. The average Bonchev–Trinajstić information content (AvgIpc) is 2.52. The van der Waals surface area contributed by atoms with Crippen molar-refractivity contribution in [3.63, 3.8) is 0 Å². The van der Waals surface area contributed by atoms with Crippen LogP contribution in [0.3, 0.4) is 0 Å². The number of benzene rings is 1. The number of aryl methyl sites for hydroxylation is 1. The third kappa shape index (κ3) is 3.74. The molecule has 0 heterocycles. The quantitative estimate of drug-likeness (QED) is 0.795. The molecule has 4 heteroatoms. The zero-order valence-corrected chi connectivity index (χ0v) is 14.6. The molecule has 126 valence electrons. The molecule has 0 aromatic heterocycles. The minimum Gasteiger partial charge on any atom is -0.448 e. The van der Waals surface area contributed by atoms with Gasteiger partial charge in [0.15, 0.2) is 0 Å². The van der Waals surface area contributed by atoms with Crippen molar-refractivity contribution < 1.29 is 14.3 Å². The molecule has 1 aliphatic rings. The predicted octanol–water partition coefficient (Wildman–Crippen LogP) is 3.72. The van der Waals surface area contributed by atoms with Gasteiger partial charge in [0.2, 0.25) is 0 Å². The zero-order valence-electron chi connectivity index (χ0n) is 14.6. The van der Waals surface area contributed by atoms with Crippen LogP contribution in [-0.4, -0.2) is 36.5 Å². The van der Waals surface area contributed by atoms with Crippen LogP contribution in [0.15, 0.2) is 24.3 Å². The lowest BCUT2D eigenvalue weighted by Crippen LogP contribution is -2.45. The summed E-state index contributed by atoms with van der Waals surface area (Å²) < 4.78 is 5.61. The molecule has 0 saturated heterocycles. The van der Waals surface area contributed by atoms with Crippen molar-refractivity contribution in [3.8, 4) is 0 Å². The van der Waals surface area contributed by atoms with E-state index < -0.39 is 0 Å². The van der Waals surface area contributed by atoms with Gasteiger partial charge in [0.05, 0.1) is 0 Å². The molecule has 0 bridgehead atoms. The molecule has 1 aromatic rings. The van der Waals surface area contributed by atoms with Crippen molar-refractivity contribution in [1.82, 2.24) is 4.90 Å². The molecule has 0 spiro atoms. The Labute approximate surface area is 138 Å². The first-order valence-electron chi connectivity index (χ1n) is 8.23. The lowest BCUT2D eigenvalue weighted by Gasteiger charge is -2.38. The van der Waals surface area contributed by atoms with Crippen molar-refractivity contribution in [1.29, 1.82) is 0 Å². The maximum atomic E-state index is 12.3. The van der Waals surface area contributed by atoms with E-state index in [1.165, 1.54) is 5.56 Å². The van der Waals surface area contributed by atoms with Crippen LogP contribution in [0.25, 0.3) is 0 Å². The summed E-state index contributed by atoms with van der Waals surface area (Å²) in [4.78, 5) is 25.2. The number of carbonyl (C=O) groups excluding carboxylic acids is 2. The Balaban J connectivity index is 2.20. The molecule has 23 heavy (non-hydrogen) atoms. The highest BCUT2D eigenvalue weighted by atomic mass is 16.6. The number of aldehydes is 1. The Morgan fingerprint density at radius 2 is 2.04 bits per heavy atom. The van der Waals surface area contributed by atoms with Crippen LogP contribution in [0.2, 0.25) is 0 Å². The molecule has 0 saturated carbocycles. The zero-order chi connectivity index (χ0) is 17.1. The molecule has 1 atom stereocenters. The number of nitrogens with zero attached hydrogens (tertiary/aromatic N) is 1. The molecule has 0 N–H and O–H groups in total. The first kappa shape index (κ1) is 17.5. The summed E-state index contributed by atoms with van der Waals surface area (Å²) in [5.41, 5.74) is 1.75. The summed E-state index contributed by atoms with van der Waals surface area (Å²) >= 11 is 0. The summed E-state index contributed by atoms with van der Waals surface area (Å²) in [6.45, 7) is 6.14. The van der Waals surface area contributed by atoms with Gasteiger partial charge in [-0.15, -0.1) is 0 Å². The third-order valence-electron chi connectivity index (χ3n) is 4.92. The van der Waals surface area contributed by atoms with Crippen LogP contribution in [-0.2, 0) is 21.4 Å². The second-order valence-electron chi connectivity index (χ2n) is 7.45. The topological polar surface area (TPSA) is 46.6 Å². The van der Waals surface area contributed by atoms with Crippen LogP contribution < -0.4 is 0 Å². The van der Waals surface area contributed by atoms with E-state index in [4.69, 9.17) is 4.74 Å². The van der Waals surface area contributed by atoms with Crippen LogP contribution in [0, 0.1) is 0 Å². The van der Waals surface area contributed by atoms with Crippen molar-refractivity contribution in [2.75, 3.05) is 13.7 Å². The van der Waals surface area contributed by atoms with Crippen LogP contribution in [0.1, 0.15) is 51.2 Å². The largest absolute Gasteiger partial charge is 0.448 e. The second kappa shape index (κ2) is 6.73. The Hall–Kier alpha value is -1.84. The number of rotatable bonds is 4. The van der Waals surface area contributed by atoms with E-state index in [9.17, 15) is 9.59 Å². The fourth-order valence-corrected chi connectivity index (χ4v) is 3.16. The molecule has 0 radical (unpaired) electrons. The number of ether oxygens (including phenoxy) is 1. The minimum absolute atomic E-state index is 0.252. The van der Waals surface area contributed by atoms with E-state index >= 15 is 0 Å². The summed E-state index contributed by atoms with van der Waals surface area (Å²) in [7, 11) is 1.74. The first-order valence-corrected chi connectivity index (χ1v) is 8.23. The Morgan fingerprint density at radius 3 is 2.70 bits per heavy atom. The van der Waals surface area contributed by atoms with Gasteiger partial charge in [-0.1, -0.05) is 24.3 Å². The van der Waals surface area contributed by atoms with Gasteiger partial charge >= 0.3 is 6.09 Å². The summed E-state index contributed by atoms with van der Waals surface area (Å²) in [5, 5.41) is 0. The van der Waals surface area contributed by atoms with Gasteiger partial charge in [-0.05, 0) is 51.2 Å². The Kier molecular flexibility index (Phi) is 5.12. The molecular formula is C19H27NO3. The number of carbonyl (C=O) groups is 2. The molecule has 0 fully saturated rings. The van der Waals surface area contributed by atoms with Gasteiger partial charge in [-0.2, -0.15) is 0 Å². The van der Waals surface area contributed by atoms with E-state index in [0.717, 1.165) is 31.1 Å². The van der Waals surface area contributed by atoms with E-state index in [0.29, 0.717) is 6.42 Å². The highest BCUT2D eigenvalue weighted by Gasteiger charge is 2.38. The maximum absolute atomic E-state index is 12.3. The summed E-state index contributed by atoms with van der Waals surface area (Å²) in [5.74, 6) is 0.